The summed E-state index contributed by atoms with van der Waals surface area (Å²) in [6, 6.07) is 12.2. The largest absolute Gasteiger partial charge is 0.495 e. The molecule has 0 spiro atoms. The molecule has 0 unspecified atom stereocenters. The number of nitrogens with zero attached hydrogens (tertiary/aromatic N) is 3. The van der Waals surface area contributed by atoms with E-state index >= 15 is 0 Å². The molecule has 0 saturated carbocycles. The molecule has 0 aliphatic carbocycles. The first-order valence-electron chi connectivity index (χ1n) is 9.43. The van der Waals surface area contributed by atoms with Gasteiger partial charge in [-0.25, -0.2) is 4.98 Å². The smallest absolute Gasteiger partial charge is 0.149 e. The molecule has 1 aromatic carbocycles. The number of anilines is 2. The monoisotopic (exact) mass is 366 g/mol. The molecule has 0 aliphatic rings. The van der Waals surface area contributed by atoms with Crippen LogP contribution in [-0.4, -0.2) is 31.4 Å². The van der Waals surface area contributed by atoms with Gasteiger partial charge in [0, 0.05) is 24.8 Å². The molecule has 1 heterocycles. The zero-order chi connectivity index (χ0) is 19.6. The molecule has 0 atom stereocenters. The molecule has 0 bridgehead atoms. The zero-order valence-electron chi connectivity index (χ0n) is 16.8. The van der Waals surface area contributed by atoms with Gasteiger partial charge in [0.15, 0.2) is 0 Å². The lowest BCUT2D eigenvalue weighted by molar-refractivity contribution is 0.369. The van der Waals surface area contributed by atoms with Gasteiger partial charge in [-0.1, -0.05) is 50.3 Å². The van der Waals surface area contributed by atoms with Crippen LogP contribution in [0.2, 0.25) is 0 Å². The van der Waals surface area contributed by atoms with Crippen molar-refractivity contribution in [2.75, 3.05) is 30.5 Å². The number of methoxy groups -OCH3 is 1. The Balaban J connectivity index is 2.28. The summed E-state index contributed by atoms with van der Waals surface area (Å²) in [7, 11) is 1.61. The Morgan fingerprint density at radius 3 is 2.59 bits per heavy atom. The summed E-state index contributed by atoms with van der Waals surface area (Å²) in [5.74, 6) is 1.21. The number of pyridine rings is 1. The van der Waals surface area contributed by atoms with E-state index < -0.39 is 0 Å². The molecule has 1 N–H and O–H groups in total. The van der Waals surface area contributed by atoms with Gasteiger partial charge in [-0.2, -0.15) is 5.10 Å². The van der Waals surface area contributed by atoms with Crippen LogP contribution >= 0.6 is 0 Å². The summed E-state index contributed by atoms with van der Waals surface area (Å²) in [5.41, 5.74) is 7.09. The van der Waals surface area contributed by atoms with Crippen LogP contribution in [0.3, 0.4) is 0 Å². The van der Waals surface area contributed by atoms with E-state index in [1.54, 1.807) is 13.3 Å². The maximum atomic E-state index is 5.29. The number of rotatable bonds is 10. The number of benzene rings is 1. The lowest BCUT2D eigenvalue weighted by Crippen LogP contribution is -2.25. The highest BCUT2D eigenvalue weighted by Gasteiger charge is 2.11. The van der Waals surface area contributed by atoms with Crippen molar-refractivity contribution in [1.29, 1.82) is 0 Å². The van der Waals surface area contributed by atoms with Gasteiger partial charge >= 0.3 is 0 Å². The van der Waals surface area contributed by atoms with Gasteiger partial charge in [0.2, 0.25) is 0 Å². The Kier molecular flexibility index (Phi) is 7.86. The van der Waals surface area contributed by atoms with Crippen LogP contribution in [0.5, 0.6) is 0 Å². The van der Waals surface area contributed by atoms with E-state index in [9.17, 15) is 0 Å². The Morgan fingerprint density at radius 2 is 1.96 bits per heavy atom. The third kappa shape index (κ3) is 6.13. The molecule has 0 fully saturated rings. The Labute approximate surface area is 162 Å². The number of ether oxygens (including phenoxy) is 1. The quantitative estimate of drug-likeness (QED) is 0.362. The van der Waals surface area contributed by atoms with Crippen molar-refractivity contribution in [3.63, 3.8) is 0 Å². The van der Waals surface area contributed by atoms with Crippen molar-refractivity contribution in [1.82, 2.24) is 4.98 Å². The van der Waals surface area contributed by atoms with Crippen LogP contribution in [0.15, 0.2) is 48.1 Å². The van der Waals surface area contributed by atoms with E-state index in [2.05, 4.69) is 59.9 Å². The summed E-state index contributed by atoms with van der Waals surface area (Å²) >= 11 is 0. The van der Waals surface area contributed by atoms with Gasteiger partial charge in [-0.15, -0.1) is 0 Å². The highest BCUT2D eigenvalue weighted by molar-refractivity contribution is 5.80. The van der Waals surface area contributed by atoms with Crippen molar-refractivity contribution in [3.8, 4) is 0 Å². The van der Waals surface area contributed by atoms with Crippen molar-refractivity contribution in [2.24, 2.45) is 5.10 Å². The average Bonchev–Trinajstić information content (AvgIpc) is 2.67. The topological polar surface area (TPSA) is 49.8 Å². The molecule has 0 aliphatic heterocycles. The van der Waals surface area contributed by atoms with Crippen LogP contribution in [0.1, 0.15) is 43.5 Å². The molecular formula is C22H30N4O. The van der Waals surface area contributed by atoms with Gasteiger partial charge in [0.1, 0.15) is 17.3 Å². The van der Waals surface area contributed by atoms with Crippen LogP contribution in [0.25, 0.3) is 5.76 Å². The maximum Gasteiger partial charge on any atom is 0.149 e. The predicted molar refractivity (Wildman–Crippen MR) is 115 cm³/mol. The second kappa shape index (κ2) is 10.4. The number of hydrazone groups is 1. The van der Waals surface area contributed by atoms with Crippen molar-refractivity contribution >= 4 is 23.5 Å². The highest BCUT2D eigenvalue weighted by atomic mass is 16.5. The summed E-state index contributed by atoms with van der Waals surface area (Å²) < 4.78 is 5.29. The van der Waals surface area contributed by atoms with Crippen LogP contribution < -0.4 is 10.3 Å². The first-order chi connectivity index (χ1) is 13.1. The first-order valence-corrected chi connectivity index (χ1v) is 9.43. The minimum Gasteiger partial charge on any atom is -0.495 e. The second-order valence-electron chi connectivity index (χ2n) is 6.49. The summed E-state index contributed by atoms with van der Waals surface area (Å²) in [5, 5.41) is 4.35. The number of aromatic nitrogens is 1. The highest BCUT2D eigenvalue weighted by Crippen LogP contribution is 2.24. The Morgan fingerprint density at radius 1 is 1.22 bits per heavy atom. The van der Waals surface area contributed by atoms with Gasteiger partial charge < -0.3 is 9.64 Å². The average molecular weight is 367 g/mol. The maximum absolute atomic E-state index is 5.29. The molecule has 0 amide bonds. The summed E-state index contributed by atoms with van der Waals surface area (Å²) in [6.07, 6.45) is 3.95. The van der Waals surface area contributed by atoms with Crippen molar-refractivity contribution < 1.29 is 4.74 Å². The number of hydrogen-bond donors (Lipinski definition) is 1. The van der Waals surface area contributed by atoms with Gasteiger partial charge in [0.25, 0.3) is 0 Å². The number of nitrogens with one attached hydrogen (secondary N) is 1. The molecule has 5 heteroatoms. The van der Waals surface area contributed by atoms with Crippen LogP contribution in [-0.2, 0) is 4.74 Å². The minimum atomic E-state index is 0.538. The number of aryl methyl sites for hydroxylation is 1. The molecule has 1 aromatic heterocycles. The molecular weight excluding hydrogens is 336 g/mol. The van der Waals surface area contributed by atoms with E-state index in [4.69, 9.17) is 4.74 Å². The van der Waals surface area contributed by atoms with Gasteiger partial charge in [-0.3, -0.25) is 5.43 Å². The Bertz CT molecular complexity index is 780. The standard InChI is InChI=1S/C22H30N4O/c1-6-11-26(12-7-2)20-14-21(18(4)27-5)24-22(15-20)25-23-16-19-10-8-9-17(3)13-19/h8-10,13-16H,4,6-7,11-12H2,1-3,5H3,(H,24,25)/b23-16+. The molecule has 27 heavy (non-hydrogen) atoms. The fourth-order valence-electron chi connectivity index (χ4n) is 2.84. The predicted octanol–water partition coefficient (Wildman–Crippen LogP) is 5.08. The minimum absolute atomic E-state index is 0.538. The fraction of sp³-hybridized carbons (Fsp3) is 0.364. The third-order valence-corrected chi connectivity index (χ3v) is 4.13. The van der Waals surface area contributed by atoms with E-state index in [1.165, 1.54) is 5.56 Å². The number of hydrogen-bond acceptors (Lipinski definition) is 5. The van der Waals surface area contributed by atoms with Gasteiger partial charge in [-0.05, 0) is 31.4 Å². The van der Waals surface area contributed by atoms with E-state index in [0.29, 0.717) is 17.3 Å². The fourth-order valence-corrected chi connectivity index (χ4v) is 2.84. The summed E-state index contributed by atoms with van der Waals surface area (Å²) in [4.78, 5) is 6.93. The van der Waals surface area contributed by atoms with Crippen molar-refractivity contribution in [3.05, 3.63) is 59.8 Å². The van der Waals surface area contributed by atoms with Gasteiger partial charge in [0.05, 0.1) is 13.3 Å². The third-order valence-electron chi connectivity index (χ3n) is 4.13. The molecule has 2 rings (SSSR count). The summed E-state index contributed by atoms with van der Waals surface area (Å²) in [6.45, 7) is 12.4. The molecule has 5 nitrogen and oxygen atoms in total. The SMILES string of the molecule is C=C(OC)c1cc(N(CCC)CCC)cc(N/N=C/c2cccc(C)c2)n1. The lowest BCUT2D eigenvalue weighted by atomic mass is 10.2. The zero-order valence-corrected chi connectivity index (χ0v) is 16.8. The lowest BCUT2D eigenvalue weighted by Gasteiger charge is -2.24. The molecule has 2 aromatic rings. The normalized spacial score (nSPS) is 10.8. The van der Waals surface area contributed by atoms with E-state index in [1.807, 2.05) is 24.3 Å². The van der Waals surface area contributed by atoms with Crippen molar-refractivity contribution in [2.45, 2.75) is 33.6 Å². The molecule has 144 valence electrons. The molecule has 0 radical (unpaired) electrons. The molecule has 0 saturated heterocycles. The second-order valence-corrected chi connectivity index (χ2v) is 6.49. The van der Waals surface area contributed by atoms with E-state index in [0.717, 1.165) is 37.2 Å². The van der Waals surface area contributed by atoms with E-state index in [-0.39, 0.29) is 0 Å². The van der Waals surface area contributed by atoms with Crippen LogP contribution in [0, 0.1) is 6.92 Å². The Hall–Kier alpha value is -2.82. The first kappa shape index (κ1) is 20.5. The van der Waals surface area contributed by atoms with Crippen LogP contribution in [0.4, 0.5) is 11.5 Å².